The van der Waals surface area contributed by atoms with Crippen LogP contribution < -0.4 is 5.43 Å². The van der Waals surface area contributed by atoms with Crippen LogP contribution in [0.15, 0.2) is 33.5 Å². The first-order chi connectivity index (χ1) is 9.88. The summed E-state index contributed by atoms with van der Waals surface area (Å²) < 4.78 is 93.9. The van der Waals surface area contributed by atoms with Crippen molar-refractivity contribution in [3.05, 3.63) is 45.8 Å². The smallest absolute Gasteiger partial charge is 0.454 e. The van der Waals surface area contributed by atoms with Crippen LogP contribution in [0.3, 0.4) is 0 Å². The third-order valence-electron chi connectivity index (χ3n) is 2.94. The van der Waals surface area contributed by atoms with Crippen LogP contribution in [0, 0.1) is 6.92 Å². The summed E-state index contributed by atoms with van der Waals surface area (Å²) in [5.74, 6) is -14.1. The van der Waals surface area contributed by atoms with Gasteiger partial charge in [-0.15, -0.1) is 0 Å². The highest BCUT2D eigenvalue weighted by molar-refractivity contribution is 5.77. The van der Waals surface area contributed by atoms with Crippen molar-refractivity contribution in [1.29, 1.82) is 0 Å². The second-order valence-corrected chi connectivity index (χ2v) is 4.62. The zero-order valence-electron chi connectivity index (χ0n) is 10.8. The van der Waals surface area contributed by atoms with E-state index in [0.717, 1.165) is 6.07 Å². The molecule has 0 saturated heterocycles. The van der Waals surface area contributed by atoms with Crippen molar-refractivity contribution in [1.82, 2.24) is 0 Å². The number of halogens is 7. The Morgan fingerprint density at radius 1 is 0.955 bits per heavy atom. The van der Waals surface area contributed by atoms with Crippen molar-refractivity contribution in [3.8, 4) is 0 Å². The Hall–Kier alpha value is -2.06. The van der Waals surface area contributed by atoms with Crippen molar-refractivity contribution in [2.45, 2.75) is 24.9 Å². The predicted molar refractivity (Wildman–Crippen MR) is 62.1 cm³/mol. The normalized spacial score (nSPS) is 13.6. The maximum atomic E-state index is 13.5. The second kappa shape index (κ2) is 4.72. The van der Waals surface area contributed by atoms with Gasteiger partial charge in [0.15, 0.2) is 11.2 Å². The lowest BCUT2D eigenvalue weighted by Gasteiger charge is -2.27. The molecule has 0 spiro atoms. The molecule has 0 unspecified atom stereocenters. The van der Waals surface area contributed by atoms with Crippen molar-refractivity contribution in [2.75, 3.05) is 0 Å². The summed E-state index contributed by atoms with van der Waals surface area (Å²) in [5.41, 5.74) is -1.20. The van der Waals surface area contributed by atoms with Crippen LogP contribution in [0.4, 0.5) is 30.7 Å². The van der Waals surface area contributed by atoms with Gasteiger partial charge >= 0.3 is 18.0 Å². The highest BCUT2D eigenvalue weighted by Gasteiger charge is 2.74. The van der Waals surface area contributed by atoms with Crippen LogP contribution in [0.2, 0.25) is 0 Å². The minimum atomic E-state index is -6.50. The van der Waals surface area contributed by atoms with E-state index in [4.69, 9.17) is 0 Å². The van der Waals surface area contributed by atoms with Crippen LogP contribution in [-0.4, -0.2) is 12.1 Å². The number of alkyl halides is 7. The number of aryl methyl sites for hydroxylation is 1. The highest BCUT2D eigenvalue weighted by Crippen LogP contribution is 2.51. The molecular formula is C13H7F7O2. The third-order valence-corrected chi connectivity index (χ3v) is 2.94. The van der Waals surface area contributed by atoms with Gasteiger partial charge in [-0.2, -0.15) is 30.7 Å². The molecule has 1 aromatic carbocycles. The summed E-state index contributed by atoms with van der Waals surface area (Å²) in [6, 6.07) is 3.65. The molecule has 22 heavy (non-hydrogen) atoms. The Morgan fingerprint density at radius 2 is 1.55 bits per heavy atom. The van der Waals surface area contributed by atoms with Crippen LogP contribution in [0.25, 0.3) is 11.0 Å². The molecule has 0 aliphatic heterocycles. The zero-order chi connectivity index (χ0) is 16.9. The first-order valence-corrected chi connectivity index (χ1v) is 5.75. The average molecular weight is 328 g/mol. The van der Waals surface area contributed by atoms with Crippen molar-refractivity contribution < 1.29 is 35.2 Å². The van der Waals surface area contributed by atoms with E-state index >= 15 is 0 Å². The summed E-state index contributed by atoms with van der Waals surface area (Å²) >= 11 is 0. The SMILES string of the molecule is Cc1ccc2c(=O)cc(C(F)(F)C(F)(F)C(F)(F)F)oc2c1. The van der Waals surface area contributed by atoms with E-state index in [-0.39, 0.29) is 11.5 Å². The van der Waals surface area contributed by atoms with Crippen molar-refractivity contribution >= 4 is 11.0 Å². The Labute approximate surface area is 118 Å². The zero-order valence-corrected chi connectivity index (χ0v) is 10.8. The Morgan fingerprint density at radius 3 is 2.09 bits per heavy atom. The summed E-state index contributed by atoms with van der Waals surface area (Å²) in [6.45, 7) is 1.49. The van der Waals surface area contributed by atoms with Gasteiger partial charge in [0.25, 0.3) is 0 Å². The maximum absolute atomic E-state index is 13.5. The van der Waals surface area contributed by atoms with E-state index in [9.17, 15) is 35.5 Å². The number of rotatable bonds is 2. The second-order valence-electron chi connectivity index (χ2n) is 4.62. The van der Waals surface area contributed by atoms with E-state index < -0.39 is 34.8 Å². The van der Waals surface area contributed by atoms with Gasteiger partial charge in [-0.05, 0) is 24.6 Å². The number of benzene rings is 1. The van der Waals surface area contributed by atoms with E-state index in [1.807, 2.05) is 0 Å². The topological polar surface area (TPSA) is 30.2 Å². The molecule has 2 nitrogen and oxygen atoms in total. The number of hydrogen-bond acceptors (Lipinski definition) is 2. The molecule has 0 fully saturated rings. The minimum Gasteiger partial charge on any atom is -0.454 e. The molecule has 0 bridgehead atoms. The van der Waals surface area contributed by atoms with Gasteiger partial charge in [-0.1, -0.05) is 6.07 Å². The fraction of sp³-hybridized carbons (Fsp3) is 0.308. The van der Waals surface area contributed by atoms with Crippen LogP contribution in [-0.2, 0) is 5.92 Å². The lowest BCUT2D eigenvalue weighted by Crippen LogP contribution is -2.50. The Bertz CT molecular complexity index is 774. The van der Waals surface area contributed by atoms with Crippen LogP contribution in [0.5, 0.6) is 0 Å². The fourth-order valence-corrected chi connectivity index (χ4v) is 1.75. The molecule has 2 rings (SSSR count). The molecule has 0 saturated carbocycles. The molecule has 1 heterocycles. The standard InChI is InChI=1S/C13H7F7O2/c1-6-2-3-7-8(21)5-10(22-9(7)4-6)11(14,15)12(16,17)13(18,19)20/h2-5H,1H3. The van der Waals surface area contributed by atoms with E-state index in [0.29, 0.717) is 5.56 Å². The van der Waals surface area contributed by atoms with E-state index in [1.165, 1.54) is 19.1 Å². The molecule has 2 aromatic rings. The van der Waals surface area contributed by atoms with Gasteiger partial charge in [-0.25, -0.2) is 0 Å². The van der Waals surface area contributed by atoms with Gasteiger partial charge in [-0.3, -0.25) is 4.79 Å². The van der Waals surface area contributed by atoms with Gasteiger partial charge in [0, 0.05) is 6.07 Å². The van der Waals surface area contributed by atoms with Crippen molar-refractivity contribution in [3.63, 3.8) is 0 Å². The summed E-state index contributed by atoms with van der Waals surface area (Å²) in [7, 11) is 0. The third kappa shape index (κ3) is 2.34. The first kappa shape index (κ1) is 16.3. The van der Waals surface area contributed by atoms with Gasteiger partial charge in [0.05, 0.1) is 5.39 Å². The van der Waals surface area contributed by atoms with Crippen molar-refractivity contribution in [2.24, 2.45) is 0 Å². The first-order valence-electron chi connectivity index (χ1n) is 5.75. The fourth-order valence-electron chi connectivity index (χ4n) is 1.75. The van der Waals surface area contributed by atoms with Crippen LogP contribution in [0.1, 0.15) is 11.3 Å². The Kier molecular flexibility index (Phi) is 3.50. The summed E-state index contributed by atoms with van der Waals surface area (Å²) in [5, 5.41) is -0.208. The molecule has 0 amide bonds. The lowest BCUT2D eigenvalue weighted by molar-refractivity contribution is -0.363. The molecule has 0 N–H and O–H groups in total. The molecule has 0 aliphatic rings. The number of fused-ring (bicyclic) bond motifs is 1. The molecule has 0 radical (unpaired) electrons. The molecule has 1 aromatic heterocycles. The number of hydrogen-bond donors (Lipinski definition) is 0. The molecular weight excluding hydrogens is 321 g/mol. The van der Waals surface area contributed by atoms with Gasteiger partial charge in [0.2, 0.25) is 0 Å². The van der Waals surface area contributed by atoms with Crippen LogP contribution >= 0.6 is 0 Å². The van der Waals surface area contributed by atoms with Gasteiger partial charge in [0.1, 0.15) is 5.58 Å². The summed E-state index contributed by atoms with van der Waals surface area (Å²) in [4.78, 5) is 11.6. The summed E-state index contributed by atoms with van der Waals surface area (Å²) in [6.07, 6.45) is -6.50. The quantitative estimate of drug-likeness (QED) is 0.766. The lowest BCUT2D eigenvalue weighted by atomic mass is 10.1. The predicted octanol–water partition coefficient (Wildman–Crippen LogP) is 4.39. The highest BCUT2D eigenvalue weighted by atomic mass is 19.4. The molecule has 9 heteroatoms. The van der Waals surface area contributed by atoms with E-state index in [1.54, 1.807) is 0 Å². The average Bonchev–Trinajstić information content (AvgIpc) is 2.36. The Balaban J connectivity index is 2.71. The monoisotopic (exact) mass is 328 g/mol. The molecule has 120 valence electrons. The largest absolute Gasteiger partial charge is 0.460 e. The minimum absolute atomic E-state index is 0.0582. The molecule has 0 aliphatic carbocycles. The van der Waals surface area contributed by atoms with Gasteiger partial charge < -0.3 is 4.42 Å². The molecule has 0 atom stereocenters. The van der Waals surface area contributed by atoms with E-state index in [2.05, 4.69) is 4.42 Å². The maximum Gasteiger partial charge on any atom is 0.460 e.